The molecule has 0 atom stereocenters. The van der Waals surface area contributed by atoms with Gasteiger partial charge in [0.05, 0.1) is 22.4 Å². The van der Waals surface area contributed by atoms with Crippen LogP contribution in [0.15, 0.2) is 170 Å². The molecule has 10 aromatic carbocycles. The molecule has 392 valence electrons. The molecule has 2 aliphatic rings. The summed E-state index contributed by atoms with van der Waals surface area (Å²) in [6, 6.07) is 56.9. The quantitative estimate of drug-likeness (QED) is 0.0735. The Morgan fingerprint density at radius 1 is 0.377 bits per heavy atom. The molecule has 2 heterocycles. The number of aryl methyl sites for hydroxylation is 3. The average Bonchev–Trinajstić information content (AvgIpc) is 3.81. The summed E-state index contributed by atoms with van der Waals surface area (Å²) >= 11 is 0. The van der Waals surface area contributed by atoms with E-state index in [1.54, 1.807) is 6.07 Å². The molecule has 0 aromatic heterocycles. The Kier molecular flexibility index (Phi) is 13.7. The van der Waals surface area contributed by atoms with Gasteiger partial charge in [-0.1, -0.05) is 162 Å². The lowest BCUT2D eigenvalue weighted by molar-refractivity contribution is -0.0500. The summed E-state index contributed by atoms with van der Waals surface area (Å²) in [4.78, 5) is 0. The van der Waals surface area contributed by atoms with Crippen LogP contribution in [-0.4, -0.2) is 50.6 Å². The predicted octanol–water partition coefficient (Wildman–Crippen LogP) is 15.4. The first-order valence-electron chi connectivity index (χ1n) is 25.8. The molecular formula is C64H61B2F3O7S. The van der Waals surface area contributed by atoms with E-state index in [1.807, 2.05) is 67.6 Å². The molecule has 2 saturated heterocycles. The second-order valence-corrected chi connectivity index (χ2v) is 23.9. The van der Waals surface area contributed by atoms with Crippen molar-refractivity contribution in [1.82, 2.24) is 0 Å². The maximum Gasteiger partial charge on any atom is 0.534 e. The van der Waals surface area contributed by atoms with E-state index in [9.17, 15) is 21.6 Å². The Morgan fingerprint density at radius 2 is 0.688 bits per heavy atom. The summed E-state index contributed by atoms with van der Waals surface area (Å²) in [5, 5.41) is 13.1. The van der Waals surface area contributed by atoms with E-state index in [4.69, 9.17) is 18.6 Å². The average molecular weight is 1050 g/mol. The third-order valence-electron chi connectivity index (χ3n) is 15.8. The molecule has 0 bridgehead atoms. The zero-order valence-electron chi connectivity index (χ0n) is 45.2. The molecule has 12 rings (SSSR count). The van der Waals surface area contributed by atoms with E-state index >= 15 is 0 Å². The summed E-state index contributed by atoms with van der Waals surface area (Å²) < 4.78 is 89.2. The summed E-state index contributed by atoms with van der Waals surface area (Å²) in [7, 11) is -6.41. The van der Waals surface area contributed by atoms with Crippen LogP contribution >= 0.6 is 0 Å². The molecule has 77 heavy (non-hydrogen) atoms. The Labute approximate surface area is 449 Å². The Balaban J connectivity index is 0.000000131. The molecular weight excluding hydrogens is 991 g/mol. The molecule has 2 fully saturated rings. The van der Waals surface area contributed by atoms with Crippen LogP contribution in [0, 0.1) is 20.8 Å². The lowest BCUT2D eigenvalue weighted by Crippen LogP contribution is -2.41. The van der Waals surface area contributed by atoms with Gasteiger partial charge in [-0.05, 0) is 187 Å². The molecule has 0 saturated carbocycles. The number of rotatable bonds is 5. The lowest BCUT2D eigenvalue weighted by atomic mass is 9.74. The zero-order valence-corrected chi connectivity index (χ0v) is 46.0. The minimum Gasteiger partial charge on any atom is -0.399 e. The minimum atomic E-state index is -5.72. The maximum atomic E-state index is 12.6. The Morgan fingerprint density at radius 3 is 1.08 bits per heavy atom. The van der Waals surface area contributed by atoms with Gasteiger partial charge >= 0.3 is 29.9 Å². The van der Waals surface area contributed by atoms with E-state index < -0.39 is 15.6 Å². The standard InChI is InChI=1S/C26H20.C20H13F3O3S.C18H28B2O4/c1-17-7-10-19(11-8-17)20-12-14-24-23-13-9-18(2)15-25(23)21-5-3-4-6-22(21)26(24)16-20;1-12-6-8-16-17-9-7-13(26-27(24,25)20(21,22)23)11-19(17)15-5-3-2-4-14(15)18(16)10-12;1-15(2)16(3,4)22-19(21-15)13-9-11-14(12-10-13)20-23-17(5,6)18(7,8)24-20/h3-16H,1-2H3;2-11H,1H3;9-12H,1-8H3. The molecule has 0 spiro atoms. The maximum absolute atomic E-state index is 12.6. The van der Waals surface area contributed by atoms with Crippen molar-refractivity contribution < 1.29 is 44.4 Å². The van der Waals surface area contributed by atoms with Gasteiger partial charge in [-0.3, -0.25) is 0 Å². The monoisotopic (exact) mass is 1050 g/mol. The van der Waals surface area contributed by atoms with Crippen LogP contribution in [0.5, 0.6) is 5.75 Å². The van der Waals surface area contributed by atoms with E-state index in [1.165, 1.54) is 66.7 Å². The van der Waals surface area contributed by atoms with Crippen molar-refractivity contribution in [2.75, 3.05) is 0 Å². The highest BCUT2D eigenvalue weighted by atomic mass is 32.2. The second kappa shape index (κ2) is 19.6. The van der Waals surface area contributed by atoms with Gasteiger partial charge in [0.2, 0.25) is 0 Å². The van der Waals surface area contributed by atoms with E-state index in [-0.39, 0.29) is 42.4 Å². The third kappa shape index (κ3) is 10.2. The van der Waals surface area contributed by atoms with Crippen molar-refractivity contribution in [3.8, 4) is 16.9 Å². The van der Waals surface area contributed by atoms with E-state index in [0.717, 1.165) is 43.4 Å². The van der Waals surface area contributed by atoms with Crippen LogP contribution in [-0.2, 0) is 28.7 Å². The van der Waals surface area contributed by atoms with Crippen molar-refractivity contribution in [2.45, 2.75) is 104 Å². The van der Waals surface area contributed by atoms with Gasteiger partial charge in [0, 0.05) is 0 Å². The van der Waals surface area contributed by atoms with Gasteiger partial charge in [0.15, 0.2) is 0 Å². The fourth-order valence-corrected chi connectivity index (χ4v) is 10.5. The second-order valence-electron chi connectivity index (χ2n) is 22.3. The first-order chi connectivity index (χ1) is 36.2. The SMILES string of the molecule is CC1(C)OB(c2ccc(B3OC(C)(C)C(C)(C)O3)cc2)OC1(C)C.Cc1ccc(-c2ccc3c4ccc(C)cc4c4ccccc4c3c2)cc1.Cc1ccc2c3ccc(OS(=O)(=O)C(F)(F)F)cc3c3ccccc3c2c1. The molecule has 0 unspecified atom stereocenters. The molecule has 10 aromatic rings. The van der Waals surface area contributed by atoms with Gasteiger partial charge in [0.25, 0.3) is 0 Å². The smallest absolute Gasteiger partial charge is 0.399 e. The predicted molar refractivity (Wildman–Crippen MR) is 311 cm³/mol. The first-order valence-corrected chi connectivity index (χ1v) is 27.2. The molecule has 0 radical (unpaired) electrons. The molecule has 0 N–H and O–H groups in total. The molecule has 7 nitrogen and oxygen atoms in total. The van der Waals surface area contributed by atoms with Crippen LogP contribution in [0.25, 0.3) is 75.8 Å². The largest absolute Gasteiger partial charge is 0.534 e. The van der Waals surface area contributed by atoms with E-state index in [2.05, 4.69) is 164 Å². The topological polar surface area (TPSA) is 80.3 Å². The summed E-state index contributed by atoms with van der Waals surface area (Å²) in [6.07, 6.45) is 0. The van der Waals surface area contributed by atoms with Gasteiger partial charge < -0.3 is 22.8 Å². The number of fused-ring (bicyclic) bond motifs is 12. The van der Waals surface area contributed by atoms with Gasteiger partial charge in [-0.15, -0.1) is 0 Å². The number of alkyl halides is 3. The normalized spacial score (nSPS) is 16.7. The van der Waals surface area contributed by atoms with Crippen molar-refractivity contribution in [2.24, 2.45) is 0 Å². The Bertz CT molecular complexity index is 3900. The van der Waals surface area contributed by atoms with Crippen LogP contribution < -0.4 is 15.1 Å². The van der Waals surface area contributed by atoms with Crippen LogP contribution in [0.2, 0.25) is 0 Å². The fraction of sp³-hybridized carbons (Fsp3) is 0.250. The lowest BCUT2D eigenvalue weighted by Gasteiger charge is -2.32. The molecule has 0 amide bonds. The zero-order chi connectivity index (χ0) is 55.0. The van der Waals surface area contributed by atoms with Crippen LogP contribution in [0.4, 0.5) is 13.2 Å². The van der Waals surface area contributed by atoms with Gasteiger partial charge in [-0.25, -0.2) is 0 Å². The van der Waals surface area contributed by atoms with Crippen molar-refractivity contribution in [3.05, 3.63) is 187 Å². The van der Waals surface area contributed by atoms with Crippen LogP contribution in [0.3, 0.4) is 0 Å². The first kappa shape index (κ1) is 53.7. The van der Waals surface area contributed by atoms with E-state index in [0.29, 0.717) is 5.39 Å². The van der Waals surface area contributed by atoms with Crippen LogP contribution in [0.1, 0.15) is 72.1 Å². The minimum absolute atomic E-state index is 0.331. The van der Waals surface area contributed by atoms with Gasteiger partial charge in [0.1, 0.15) is 5.75 Å². The Hall–Kier alpha value is -6.73. The highest BCUT2D eigenvalue weighted by Gasteiger charge is 2.53. The highest BCUT2D eigenvalue weighted by Crippen LogP contribution is 2.41. The van der Waals surface area contributed by atoms with Crippen molar-refractivity contribution in [3.63, 3.8) is 0 Å². The number of halogens is 3. The molecule has 0 aliphatic carbocycles. The molecule has 13 heteroatoms. The highest BCUT2D eigenvalue weighted by molar-refractivity contribution is 7.88. The number of hydrogen-bond acceptors (Lipinski definition) is 7. The van der Waals surface area contributed by atoms with Crippen molar-refractivity contribution in [1.29, 1.82) is 0 Å². The number of benzene rings is 10. The fourth-order valence-electron chi connectivity index (χ4n) is 10.0. The third-order valence-corrected chi connectivity index (χ3v) is 16.8. The summed E-state index contributed by atoms with van der Waals surface area (Å²) in [5.74, 6) is -0.378. The number of hydrogen-bond donors (Lipinski definition) is 0. The van der Waals surface area contributed by atoms with Crippen molar-refractivity contribution >= 4 is 99.9 Å². The van der Waals surface area contributed by atoms with Gasteiger partial charge in [-0.2, -0.15) is 21.6 Å². The summed E-state index contributed by atoms with van der Waals surface area (Å²) in [6.45, 7) is 22.8. The summed E-state index contributed by atoms with van der Waals surface area (Å²) in [5.41, 5.74) is 1.43. The molecule has 2 aliphatic heterocycles.